The molecule has 196 valence electrons. The van der Waals surface area contributed by atoms with Crippen LogP contribution >= 0.6 is 0 Å². The van der Waals surface area contributed by atoms with Crippen LogP contribution in [0.5, 0.6) is 5.75 Å². The number of hydrogen-bond donors (Lipinski definition) is 0. The fourth-order valence-corrected chi connectivity index (χ4v) is 4.78. The van der Waals surface area contributed by atoms with Crippen molar-refractivity contribution >= 4 is 17.4 Å². The minimum Gasteiger partial charge on any atom is -0.492 e. The highest BCUT2D eigenvalue weighted by Crippen LogP contribution is 2.31. The molecule has 1 amide bonds. The average Bonchev–Trinajstić information content (AvgIpc) is 3.29. The quantitative estimate of drug-likeness (QED) is 0.439. The summed E-state index contributed by atoms with van der Waals surface area (Å²) >= 11 is 0. The molecule has 0 N–H and O–H groups in total. The Hall–Kier alpha value is -3.80. The van der Waals surface area contributed by atoms with Gasteiger partial charge in [0.05, 0.1) is 30.1 Å². The summed E-state index contributed by atoms with van der Waals surface area (Å²) in [5.41, 5.74) is 2.48. The lowest BCUT2D eigenvalue weighted by atomic mass is 9.97. The number of rotatable bonds is 7. The van der Waals surface area contributed by atoms with Crippen LogP contribution in [0, 0.1) is 17.2 Å². The number of pyridine rings is 2. The van der Waals surface area contributed by atoms with Gasteiger partial charge in [0.1, 0.15) is 23.2 Å². The van der Waals surface area contributed by atoms with E-state index in [-0.39, 0.29) is 6.09 Å². The first-order valence-electron chi connectivity index (χ1n) is 13.0. The molecule has 1 fully saturated rings. The minimum atomic E-state index is -0.496. The molecule has 0 spiro atoms. The zero-order valence-electron chi connectivity index (χ0n) is 22.4. The smallest absolute Gasteiger partial charge is 0.410 e. The van der Waals surface area contributed by atoms with E-state index in [2.05, 4.69) is 23.0 Å². The van der Waals surface area contributed by atoms with Gasteiger partial charge in [-0.2, -0.15) is 10.4 Å². The Morgan fingerprint density at radius 3 is 2.73 bits per heavy atom. The number of fused-ring (bicyclic) bond motifs is 1. The van der Waals surface area contributed by atoms with Crippen molar-refractivity contribution in [3.8, 4) is 22.9 Å². The van der Waals surface area contributed by atoms with Gasteiger partial charge in [-0.3, -0.25) is 0 Å². The third kappa shape index (κ3) is 6.13. The molecule has 0 aliphatic carbocycles. The molecule has 4 heterocycles. The lowest BCUT2D eigenvalue weighted by molar-refractivity contribution is 0.0169. The van der Waals surface area contributed by atoms with Crippen LogP contribution < -0.4 is 9.64 Å². The first-order valence-corrected chi connectivity index (χ1v) is 13.0. The van der Waals surface area contributed by atoms with Gasteiger partial charge in [0.2, 0.25) is 0 Å². The Balaban J connectivity index is 1.52. The van der Waals surface area contributed by atoms with Gasteiger partial charge >= 0.3 is 6.09 Å². The highest BCUT2D eigenvalue weighted by Gasteiger charge is 2.28. The molecule has 3 aromatic heterocycles. The zero-order valence-corrected chi connectivity index (χ0v) is 22.4. The second kappa shape index (κ2) is 11.1. The summed E-state index contributed by atoms with van der Waals surface area (Å²) in [5.74, 6) is 1.91. The maximum absolute atomic E-state index is 12.6. The summed E-state index contributed by atoms with van der Waals surface area (Å²) < 4.78 is 13.0. The molecule has 1 unspecified atom stereocenters. The van der Waals surface area contributed by atoms with Crippen molar-refractivity contribution in [3.05, 3.63) is 42.4 Å². The highest BCUT2D eigenvalue weighted by atomic mass is 16.6. The van der Waals surface area contributed by atoms with E-state index < -0.39 is 5.60 Å². The molecule has 1 aliphatic rings. The fourth-order valence-electron chi connectivity index (χ4n) is 4.78. The number of hydrogen-bond acceptors (Lipinski definition) is 7. The number of carbonyl (C=O) groups excluding carboxylic acids is 1. The van der Waals surface area contributed by atoms with Crippen molar-refractivity contribution in [1.82, 2.24) is 19.5 Å². The van der Waals surface area contributed by atoms with E-state index in [0.717, 1.165) is 54.9 Å². The van der Waals surface area contributed by atoms with Crippen LogP contribution in [0.15, 0.2) is 36.8 Å². The van der Waals surface area contributed by atoms with Gasteiger partial charge in [0, 0.05) is 43.5 Å². The molecule has 3 aromatic rings. The number of likely N-dealkylation sites (tertiary alicyclic amines) is 1. The predicted octanol–water partition coefficient (Wildman–Crippen LogP) is 5.14. The molecular formula is C28H36N6O3. The summed E-state index contributed by atoms with van der Waals surface area (Å²) in [6, 6.07) is 8.20. The normalized spacial score (nSPS) is 15.9. The molecule has 0 bridgehead atoms. The van der Waals surface area contributed by atoms with Crippen LogP contribution in [0.1, 0.15) is 53.0 Å². The van der Waals surface area contributed by atoms with E-state index in [0.29, 0.717) is 30.4 Å². The monoisotopic (exact) mass is 504 g/mol. The second-order valence-electron chi connectivity index (χ2n) is 10.4. The van der Waals surface area contributed by atoms with E-state index in [4.69, 9.17) is 14.5 Å². The Morgan fingerprint density at radius 2 is 2.08 bits per heavy atom. The number of nitriles is 1. The van der Waals surface area contributed by atoms with E-state index in [1.165, 1.54) is 0 Å². The average molecular weight is 505 g/mol. The summed E-state index contributed by atoms with van der Waals surface area (Å²) in [5, 5.41) is 13.9. The largest absolute Gasteiger partial charge is 0.492 e. The maximum Gasteiger partial charge on any atom is 0.410 e. The standard InChI is InChI=1S/C28H36N6O3/c1-6-32(17-20-9-8-12-33(18-20)27(35)37-28(3,4)5)25-11-10-21(15-30-25)24-13-23(36-7-2)19-34-26(24)22(14-29)16-31-34/h10-11,13,15-16,19-20H,6-9,12,17-18H2,1-5H3. The molecular weight excluding hydrogens is 468 g/mol. The van der Waals surface area contributed by atoms with Crippen molar-refractivity contribution in [3.63, 3.8) is 0 Å². The minimum absolute atomic E-state index is 0.236. The number of carbonyl (C=O) groups is 1. The van der Waals surface area contributed by atoms with Crippen LogP contribution in [0.25, 0.3) is 16.6 Å². The van der Waals surface area contributed by atoms with Gasteiger partial charge in [0.15, 0.2) is 0 Å². The van der Waals surface area contributed by atoms with E-state index in [1.54, 1.807) is 16.9 Å². The van der Waals surface area contributed by atoms with Gasteiger partial charge in [-0.25, -0.2) is 14.3 Å². The van der Waals surface area contributed by atoms with Crippen LogP contribution in [-0.4, -0.2) is 64.0 Å². The molecule has 1 atom stereocenters. The summed E-state index contributed by atoms with van der Waals surface area (Å²) in [7, 11) is 0. The van der Waals surface area contributed by atoms with Crippen molar-refractivity contribution in [1.29, 1.82) is 5.26 Å². The number of aromatic nitrogens is 3. The van der Waals surface area contributed by atoms with Gasteiger partial charge in [0.25, 0.3) is 0 Å². The number of nitrogens with zero attached hydrogens (tertiary/aromatic N) is 6. The number of anilines is 1. The van der Waals surface area contributed by atoms with Crippen LogP contribution in [0.2, 0.25) is 0 Å². The molecule has 37 heavy (non-hydrogen) atoms. The third-order valence-electron chi connectivity index (χ3n) is 6.43. The summed E-state index contributed by atoms with van der Waals surface area (Å²) in [6.45, 7) is 13.3. The molecule has 4 rings (SSSR count). The molecule has 0 radical (unpaired) electrons. The molecule has 0 saturated carbocycles. The lowest BCUT2D eigenvalue weighted by Gasteiger charge is -2.36. The molecule has 1 saturated heterocycles. The van der Waals surface area contributed by atoms with Crippen LogP contribution in [0.3, 0.4) is 0 Å². The van der Waals surface area contributed by atoms with E-state index in [1.807, 2.05) is 57.0 Å². The van der Waals surface area contributed by atoms with Gasteiger partial charge in [-0.1, -0.05) is 0 Å². The lowest BCUT2D eigenvalue weighted by Crippen LogP contribution is -2.45. The first kappa shape index (κ1) is 26.3. The first-order chi connectivity index (χ1) is 17.7. The van der Waals surface area contributed by atoms with Gasteiger partial charge in [-0.05, 0) is 71.6 Å². The third-order valence-corrected chi connectivity index (χ3v) is 6.43. The number of amides is 1. The SMILES string of the molecule is CCOc1cc(-c2ccc(N(CC)CC3CCCN(C(=O)OC(C)(C)C)C3)nc2)c2c(C#N)cnn2c1. The Labute approximate surface area is 218 Å². The number of ether oxygens (including phenoxy) is 2. The molecule has 9 heteroatoms. The molecule has 0 aromatic carbocycles. The highest BCUT2D eigenvalue weighted by molar-refractivity contribution is 5.85. The van der Waals surface area contributed by atoms with E-state index >= 15 is 0 Å². The Bertz CT molecular complexity index is 1270. The maximum atomic E-state index is 12.6. The van der Waals surface area contributed by atoms with Crippen molar-refractivity contribution < 1.29 is 14.3 Å². The van der Waals surface area contributed by atoms with Crippen LogP contribution in [0.4, 0.5) is 10.6 Å². The predicted molar refractivity (Wildman–Crippen MR) is 143 cm³/mol. The zero-order chi connectivity index (χ0) is 26.6. The molecule has 9 nitrogen and oxygen atoms in total. The Morgan fingerprint density at radius 1 is 1.27 bits per heavy atom. The van der Waals surface area contributed by atoms with Gasteiger partial charge < -0.3 is 19.3 Å². The second-order valence-corrected chi connectivity index (χ2v) is 10.4. The van der Waals surface area contributed by atoms with Gasteiger partial charge in [-0.15, -0.1) is 0 Å². The Kier molecular flexibility index (Phi) is 7.86. The van der Waals surface area contributed by atoms with Crippen molar-refractivity contribution in [2.75, 3.05) is 37.7 Å². The fraction of sp³-hybridized carbons (Fsp3) is 0.500. The van der Waals surface area contributed by atoms with Crippen molar-refractivity contribution in [2.45, 2.75) is 53.1 Å². The summed E-state index contributed by atoms with van der Waals surface area (Å²) in [6.07, 6.45) is 6.99. The molecule has 1 aliphatic heterocycles. The topological polar surface area (TPSA) is 96.0 Å². The summed E-state index contributed by atoms with van der Waals surface area (Å²) in [4.78, 5) is 21.4. The number of piperidine rings is 1. The van der Waals surface area contributed by atoms with E-state index in [9.17, 15) is 10.1 Å². The van der Waals surface area contributed by atoms with Crippen molar-refractivity contribution in [2.24, 2.45) is 5.92 Å². The van der Waals surface area contributed by atoms with Crippen LogP contribution in [-0.2, 0) is 4.74 Å².